The van der Waals surface area contributed by atoms with Crippen LogP contribution in [0.2, 0.25) is 0 Å². The summed E-state index contributed by atoms with van der Waals surface area (Å²) in [6, 6.07) is 2.47. The second-order valence-electron chi connectivity index (χ2n) is 6.59. The van der Waals surface area contributed by atoms with Gasteiger partial charge in [-0.05, 0) is 25.0 Å². The standard InChI is InChI=1S/C17H20N4O2S/c1-11-5-17(15-7-18-4-3-13(15)9-23-17)10-21(11)8-14-6-19-16(24-14)20-12(2)22/h3-4,6-7,11H,5,8-10H2,1-2H3,(H,19,20,22)/t11-,17-/m0/s1. The molecule has 126 valence electrons. The molecule has 0 saturated carbocycles. The lowest BCUT2D eigenvalue weighted by molar-refractivity contribution is -0.114. The Morgan fingerprint density at radius 2 is 2.42 bits per heavy atom. The molecule has 0 radical (unpaired) electrons. The smallest absolute Gasteiger partial charge is 0.223 e. The van der Waals surface area contributed by atoms with Crippen molar-refractivity contribution in [3.05, 3.63) is 40.7 Å². The minimum atomic E-state index is -0.228. The fourth-order valence-corrected chi connectivity index (χ4v) is 4.59. The summed E-state index contributed by atoms with van der Waals surface area (Å²) in [5, 5.41) is 3.40. The van der Waals surface area contributed by atoms with Gasteiger partial charge < -0.3 is 10.1 Å². The number of amides is 1. The summed E-state index contributed by atoms with van der Waals surface area (Å²) in [6.45, 7) is 6.09. The number of carbonyl (C=O) groups excluding carboxylic acids is 1. The average Bonchev–Trinajstić information content (AvgIpc) is 3.21. The van der Waals surface area contributed by atoms with Crippen LogP contribution in [-0.4, -0.2) is 33.4 Å². The van der Waals surface area contributed by atoms with Gasteiger partial charge in [0, 0.05) is 55.1 Å². The van der Waals surface area contributed by atoms with E-state index in [4.69, 9.17) is 4.74 Å². The fraction of sp³-hybridized carbons (Fsp3) is 0.471. The molecule has 2 aliphatic heterocycles. The van der Waals surface area contributed by atoms with Crippen LogP contribution in [0.3, 0.4) is 0 Å². The minimum Gasteiger partial charge on any atom is -0.364 e. The third-order valence-electron chi connectivity index (χ3n) is 4.81. The molecular weight excluding hydrogens is 324 g/mol. The number of anilines is 1. The van der Waals surface area contributed by atoms with Crippen LogP contribution in [0.1, 0.15) is 36.3 Å². The second-order valence-corrected chi connectivity index (χ2v) is 7.70. The topological polar surface area (TPSA) is 67.4 Å². The molecule has 2 atom stereocenters. The van der Waals surface area contributed by atoms with Crippen molar-refractivity contribution in [3.8, 4) is 0 Å². The number of hydrogen-bond acceptors (Lipinski definition) is 6. The van der Waals surface area contributed by atoms with E-state index in [1.165, 1.54) is 29.4 Å². The van der Waals surface area contributed by atoms with E-state index >= 15 is 0 Å². The molecule has 2 aromatic heterocycles. The van der Waals surface area contributed by atoms with Crippen molar-refractivity contribution in [2.75, 3.05) is 11.9 Å². The molecule has 2 aromatic rings. The summed E-state index contributed by atoms with van der Waals surface area (Å²) in [7, 11) is 0. The molecule has 2 aliphatic rings. The Bertz CT molecular complexity index is 777. The largest absolute Gasteiger partial charge is 0.364 e. The predicted molar refractivity (Wildman–Crippen MR) is 91.6 cm³/mol. The van der Waals surface area contributed by atoms with E-state index in [-0.39, 0.29) is 11.5 Å². The first-order chi connectivity index (χ1) is 11.6. The van der Waals surface area contributed by atoms with Crippen LogP contribution in [0, 0.1) is 0 Å². The van der Waals surface area contributed by atoms with Gasteiger partial charge in [0.05, 0.1) is 6.61 Å². The molecule has 24 heavy (non-hydrogen) atoms. The zero-order valence-corrected chi connectivity index (χ0v) is 14.6. The number of carbonyl (C=O) groups is 1. The van der Waals surface area contributed by atoms with E-state index in [0.29, 0.717) is 17.8 Å². The Labute approximate surface area is 144 Å². The SMILES string of the molecule is CC(=O)Nc1ncc(CN2C[C@]3(C[C@@H]2C)OCc2ccncc23)s1. The first-order valence-electron chi connectivity index (χ1n) is 8.09. The number of aromatic nitrogens is 2. The van der Waals surface area contributed by atoms with Gasteiger partial charge in [0.1, 0.15) is 5.60 Å². The number of nitrogens with zero attached hydrogens (tertiary/aromatic N) is 3. The van der Waals surface area contributed by atoms with Gasteiger partial charge in [-0.15, -0.1) is 11.3 Å². The van der Waals surface area contributed by atoms with Crippen molar-refractivity contribution in [2.24, 2.45) is 0 Å². The molecule has 0 bridgehead atoms. The lowest BCUT2D eigenvalue weighted by Gasteiger charge is -2.24. The Morgan fingerprint density at radius 3 is 3.25 bits per heavy atom. The zero-order chi connectivity index (χ0) is 16.7. The Balaban J connectivity index is 1.50. The van der Waals surface area contributed by atoms with Crippen molar-refractivity contribution < 1.29 is 9.53 Å². The minimum absolute atomic E-state index is 0.0899. The highest BCUT2D eigenvalue weighted by Crippen LogP contribution is 2.45. The lowest BCUT2D eigenvalue weighted by Crippen LogP contribution is -2.31. The zero-order valence-electron chi connectivity index (χ0n) is 13.8. The highest BCUT2D eigenvalue weighted by atomic mass is 32.1. The van der Waals surface area contributed by atoms with E-state index in [1.54, 1.807) is 0 Å². The van der Waals surface area contributed by atoms with Gasteiger partial charge in [-0.25, -0.2) is 4.98 Å². The normalized spacial score (nSPS) is 26.0. The Kier molecular flexibility index (Phi) is 3.86. The van der Waals surface area contributed by atoms with Gasteiger partial charge in [-0.3, -0.25) is 14.7 Å². The molecule has 1 saturated heterocycles. The molecule has 0 aromatic carbocycles. The number of nitrogens with one attached hydrogen (secondary N) is 1. The molecule has 7 heteroatoms. The van der Waals surface area contributed by atoms with Crippen molar-refractivity contribution in [1.29, 1.82) is 0 Å². The molecule has 1 amide bonds. The monoisotopic (exact) mass is 344 g/mol. The number of likely N-dealkylation sites (tertiary alicyclic amines) is 1. The van der Waals surface area contributed by atoms with E-state index < -0.39 is 0 Å². The van der Waals surface area contributed by atoms with Crippen LogP contribution in [-0.2, 0) is 28.3 Å². The van der Waals surface area contributed by atoms with Gasteiger partial charge in [0.15, 0.2) is 5.13 Å². The maximum atomic E-state index is 11.1. The van der Waals surface area contributed by atoms with Gasteiger partial charge in [0.25, 0.3) is 0 Å². The number of fused-ring (bicyclic) bond motifs is 2. The van der Waals surface area contributed by atoms with Crippen molar-refractivity contribution in [3.63, 3.8) is 0 Å². The Morgan fingerprint density at radius 1 is 1.54 bits per heavy atom. The van der Waals surface area contributed by atoms with Crippen LogP contribution in [0.5, 0.6) is 0 Å². The molecule has 0 unspecified atom stereocenters. The molecule has 1 spiro atoms. The van der Waals surface area contributed by atoms with Crippen LogP contribution in [0.25, 0.3) is 0 Å². The summed E-state index contributed by atoms with van der Waals surface area (Å²) < 4.78 is 6.22. The summed E-state index contributed by atoms with van der Waals surface area (Å²) in [5.41, 5.74) is 2.26. The molecule has 4 rings (SSSR count). The van der Waals surface area contributed by atoms with Gasteiger partial charge in [-0.2, -0.15) is 0 Å². The maximum Gasteiger partial charge on any atom is 0.223 e. The summed E-state index contributed by atoms with van der Waals surface area (Å²) in [4.78, 5) is 23.3. The number of rotatable bonds is 3. The quantitative estimate of drug-likeness (QED) is 0.927. The summed E-state index contributed by atoms with van der Waals surface area (Å²) >= 11 is 1.53. The third-order valence-corrected chi connectivity index (χ3v) is 5.71. The lowest BCUT2D eigenvalue weighted by atomic mass is 9.92. The van der Waals surface area contributed by atoms with Crippen LogP contribution in [0.4, 0.5) is 5.13 Å². The van der Waals surface area contributed by atoms with Gasteiger partial charge in [0.2, 0.25) is 5.91 Å². The van der Waals surface area contributed by atoms with Gasteiger partial charge >= 0.3 is 0 Å². The molecule has 1 N–H and O–H groups in total. The van der Waals surface area contributed by atoms with Crippen LogP contribution < -0.4 is 5.32 Å². The number of thiazole rings is 1. The van der Waals surface area contributed by atoms with Crippen molar-refractivity contribution in [2.45, 2.75) is 45.1 Å². The fourth-order valence-electron chi connectivity index (χ4n) is 3.71. The average molecular weight is 344 g/mol. The van der Waals surface area contributed by atoms with E-state index in [0.717, 1.165) is 24.4 Å². The second kappa shape index (κ2) is 5.91. The van der Waals surface area contributed by atoms with Gasteiger partial charge in [-0.1, -0.05) is 0 Å². The van der Waals surface area contributed by atoms with E-state index in [9.17, 15) is 4.79 Å². The molecular formula is C17H20N4O2S. The predicted octanol–water partition coefficient (Wildman–Crippen LogP) is 2.52. The number of hydrogen-bond donors (Lipinski definition) is 1. The highest BCUT2D eigenvalue weighted by molar-refractivity contribution is 7.15. The van der Waals surface area contributed by atoms with Crippen molar-refractivity contribution in [1.82, 2.24) is 14.9 Å². The number of ether oxygens (including phenoxy) is 1. The molecule has 0 aliphatic carbocycles. The molecule has 6 nitrogen and oxygen atoms in total. The highest BCUT2D eigenvalue weighted by Gasteiger charge is 2.48. The summed E-state index contributed by atoms with van der Waals surface area (Å²) in [6.07, 6.45) is 6.61. The first-order valence-corrected chi connectivity index (χ1v) is 8.91. The van der Waals surface area contributed by atoms with Crippen LogP contribution >= 0.6 is 11.3 Å². The maximum absolute atomic E-state index is 11.1. The first kappa shape index (κ1) is 15.7. The molecule has 1 fully saturated rings. The van der Waals surface area contributed by atoms with E-state index in [1.807, 2.05) is 18.6 Å². The summed E-state index contributed by atoms with van der Waals surface area (Å²) in [5.74, 6) is -0.0899. The van der Waals surface area contributed by atoms with Crippen LogP contribution in [0.15, 0.2) is 24.7 Å². The Hall–Kier alpha value is -1.83. The number of pyridine rings is 1. The van der Waals surface area contributed by atoms with E-state index in [2.05, 4.69) is 33.2 Å². The third kappa shape index (κ3) is 2.72. The molecule has 4 heterocycles. The van der Waals surface area contributed by atoms with Crippen molar-refractivity contribution >= 4 is 22.4 Å².